The van der Waals surface area contributed by atoms with Crippen molar-refractivity contribution in [1.82, 2.24) is 0 Å². The highest BCUT2D eigenvalue weighted by atomic mass is 19.1. The van der Waals surface area contributed by atoms with Gasteiger partial charge in [-0.05, 0) is 37.8 Å². The van der Waals surface area contributed by atoms with E-state index in [0.29, 0.717) is 30.1 Å². The van der Waals surface area contributed by atoms with E-state index in [-0.39, 0.29) is 5.69 Å². The molecular weight excluding hydrogens is 250 g/mol. The lowest BCUT2D eigenvalue weighted by molar-refractivity contribution is -0.113. The number of benzene rings is 1. The van der Waals surface area contributed by atoms with Gasteiger partial charge in [-0.15, -0.1) is 0 Å². The molecule has 1 aromatic carbocycles. The maximum absolute atomic E-state index is 13.4. The second-order valence-electron chi connectivity index (χ2n) is 4.35. The highest BCUT2D eigenvalue weighted by molar-refractivity contribution is 6.04. The van der Waals surface area contributed by atoms with Gasteiger partial charge in [-0.25, -0.2) is 8.78 Å². The fourth-order valence-electron chi connectivity index (χ4n) is 2.07. The van der Waals surface area contributed by atoms with Crippen LogP contribution in [0.15, 0.2) is 29.3 Å². The molecule has 0 radical (unpaired) electrons. The minimum Gasteiger partial charge on any atom is -0.320 e. The molecule has 1 aliphatic carbocycles. The molecule has 0 spiro atoms. The van der Waals surface area contributed by atoms with Crippen LogP contribution in [0.2, 0.25) is 0 Å². The summed E-state index contributed by atoms with van der Waals surface area (Å²) in [4.78, 5) is 12.0. The Balaban J connectivity index is 2.21. The smallest absolute Gasteiger partial charge is 0.252 e. The van der Waals surface area contributed by atoms with E-state index in [1.54, 1.807) is 0 Å². The third-order valence-corrected chi connectivity index (χ3v) is 3.06. The van der Waals surface area contributed by atoms with Crippen molar-refractivity contribution in [3.8, 4) is 6.07 Å². The monoisotopic (exact) mass is 262 g/mol. The number of nitriles is 1. The van der Waals surface area contributed by atoms with Gasteiger partial charge < -0.3 is 5.32 Å². The van der Waals surface area contributed by atoms with E-state index in [2.05, 4.69) is 5.32 Å². The number of hydrogen-bond donors (Lipinski definition) is 1. The molecule has 0 saturated heterocycles. The zero-order valence-corrected chi connectivity index (χ0v) is 10.2. The van der Waals surface area contributed by atoms with Gasteiger partial charge in [0.15, 0.2) is 0 Å². The molecule has 0 fully saturated rings. The number of halogens is 2. The average Bonchev–Trinajstić information content (AvgIpc) is 2.41. The van der Waals surface area contributed by atoms with Gasteiger partial charge in [0.1, 0.15) is 11.6 Å². The molecule has 1 aromatic rings. The highest BCUT2D eigenvalue weighted by Gasteiger charge is 2.20. The Morgan fingerprint density at radius 2 is 2.00 bits per heavy atom. The van der Waals surface area contributed by atoms with Crippen molar-refractivity contribution >= 4 is 11.6 Å². The van der Waals surface area contributed by atoms with E-state index < -0.39 is 17.5 Å². The molecule has 2 rings (SSSR count). The van der Waals surface area contributed by atoms with Gasteiger partial charge in [0.05, 0.1) is 11.8 Å². The molecule has 5 heteroatoms. The Kier molecular flexibility index (Phi) is 3.91. The van der Waals surface area contributed by atoms with Gasteiger partial charge in [0.2, 0.25) is 0 Å². The van der Waals surface area contributed by atoms with Gasteiger partial charge in [0.25, 0.3) is 5.91 Å². The summed E-state index contributed by atoms with van der Waals surface area (Å²) < 4.78 is 26.2. The molecule has 0 bridgehead atoms. The molecular formula is C14H12F2N2O. The molecule has 1 N–H and O–H groups in total. The molecule has 0 aliphatic heterocycles. The highest BCUT2D eigenvalue weighted by Crippen LogP contribution is 2.26. The molecule has 0 heterocycles. The summed E-state index contributed by atoms with van der Waals surface area (Å²) in [6.45, 7) is 0. The number of carbonyl (C=O) groups excluding carboxylic acids is 1. The standard InChI is InChI=1S/C14H12F2N2O/c15-10-5-6-13(12(16)7-10)18-14(19)11-4-2-1-3-9(11)8-17/h5-7H,1-4H2,(H,18,19). The second kappa shape index (κ2) is 5.61. The average molecular weight is 262 g/mol. The van der Waals surface area contributed by atoms with Gasteiger partial charge in [-0.1, -0.05) is 0 Å². The van der Waals surface area contributed by atoms with E-state index in [4.69, 9.17) is 5.26 Å². The van der Waals surface area contributed by atoms with E-state index >= 15 is 0 Å². The number of nitrogens with zero attached hydrogens (tertiary/aromatic N) is 1. The van der Waals surface area contributed by atoms with Crippen LogP contribution in [0.25, 0.3) is 0 Å². The maximum Gasteiger partial charge on any atom is 0.252 e. The van der Waals surface area contributed by atoms with Gasteiger partial charge in [-0.3, -0.25) is 4.79 Å². The second-order valence-corrected chi connectivity index (χ2v) is 4.35. The first-order valence-corrected chi connectivity index (χ1v) is 6.00. The Morgan fingerprint density at radius 1 is 1.26 bits per heavy atom. The third kappa shape index (κ3) is 2.97. The molecule has 3 nitrogen and oxygen atoms in total. The number of allylic oxidation sites excluding steroid dienone is 1. The summed E-state index contributed by atoms with van der Waals surface area (Å²) in [5.74, 6) is -2.02. The molecule has 0 atom stereocenters. The molecule has 1 amide bonds. The van der Waals surface area contributed by atoms with Crippen LogP contribution in [-0.4, -0.2) is 5.91 Å². The van der Waals surface area contributed by atoms with Crippen LogP contribution in [0.4, 0.5) is 14.5 Å². The van der Waals surface area contributed by atoms with E-state index in [1.807, 2.05) is 6.07 Å². The molecule has 98 valence electrons. The van der Waals surface area contributed by atoms with Crippen molar-refractivity contribution in [3.63, 3.8) is 0 Å². The van der Waals surface area contributed by atoms with E-state index in [1.165, 1.54) is 0 Å². The molecule has 19 heavy (non-hydrogen) atoms. The Labute approximate surface area is 109 Å². The lowest BCUT2D eigenvalue weighted by atomic mass is 9.92. The summed E-state index contributed by atoms with van der Waals surface area (Å²) >= 11 is 0. The van der Waals surface area contributed by atoms with Crippen LogP contribution in [0.1, 0.15) is 25.7 Å². The first-order valence-electron chi connectivity index (χ1n) is 6.00. The van der Waals surface area contributed by atoms with Crippen molar-refractivity contribution in [1.29, 1.82) is 5.26 Å². The van der Waals surface area contributed by atoms with E-state index in [9.17, 15) is 13.6 Å². The first-order chi connectivity index (χ1) is 9.11. The predicted octanol–water partition coefficient (Wildman–Crippen LogP) is 3.30. The van der Waals surface area contributed by atoms with Crippen molar-refractivity contribution in [2.24, 2.45) is 0 Å². The van der Waals surface area contributed by atoms with Crippen molar-refractivity contribution in [2.75, 3.05) is 5.32 Å². The van der Waals surface area contributed by atoms with Crippen LogP contribution in [0.3, 0.4) is 0 Å². The van der Waals surface area contributed by atoms with Gasteiger partial charge in [-0.2, -0.15) is 5.26 Å². The summed E-state index contributed by atoms with van der Waals surface area (Å²) in [5.41, 5.74) is 0.769. The normalized spacial score (nSPS) is 15.0. The lowest BCUT2D eigenvalue weighted by Crippen LogP contribution is -2.18. The third-order valence-electron chi connectivity index (χ3n) is 3.06. The van der Waals surface area contributed by atoms with Crippen LogP contribution >= 0.6 is 0 Å². The zero-order chi connectivity index (χ0) is 13.8. The summed E-state index contributed by atoms with van der Waals surface area (Å²) in [7, 11) is 0. The van der Waals surface area contributed by atoms with Crippen LogP contribution in [0, 0.1) is 23.0 Å². The maximum atomic E-state index is 13.4. The van der Waals surface area contributed by atoms with E-state index in [0.717, 1.165) is 25.0 Å². The lowest BCUT2D eigenvalue weighted by Gasteiger charge is -2.15. The summed E-state index contributed by atoms with van der Waals surface area (Å²) in [6, 6.07) is 4.95. The Morgan fingerprint density at radius 3 is 2.68 bits per heavy atom. The van der Waals surface area contributed by atoms with Crippen molar-refractivity contribution < 1.29 is 13.6 Å². The number of anilines is 1. The number of rotatable bonds is 2. The van der Waals surface area contributed by atoms with Crippen LogP contribution in [0.5, 0.6) is 0 Å². The predicted molar refractivity (Wildman–Crippen MR) is 66.1 cm³/mol. The fraction of sp³-hybridized carbons (Fsp3) is 0.286. The molecule has 0 aromatic heterocycles. The minimum atomic E-state index is -0.830. The number of amides is 1. The summed E-state index contributed by atoms with van der Waals surface area (Å²) in [5, 5.41) is 11.3. The summed E-state index contributed by atoms with van der Waals surface area (Å²) in [6.07, 6.45) is 2.80. The largest absolute Gasteiger partial charge is 0.320 e. The SMILES string of the molecule is N#CC1=C(C(=O)Nc2ccc(F)cc2F)CCCC1. The van der Waals surface area contributed by atoms with Gasteiger partial charge >= 0.3 is 0 Å². The fourth-order valence-corrected chi connectivity index (χ4v) is 2.07. The van der Waals surface area contributed by atoms with Crippen molar-refractivity contribution in [2.45, 2.75) is 25.7 Å². The molecule has 0 unspecified atom stereocenters. The van der Waals surface area contributed by atoms with Crippen LogP contribution < -0.4 is 5.32 Å². The number of nitrogens with one attached hydrogen (secondary N) is 1. The van der Waals surface area contributed by atoms with Crippen molar-refractivity contribution in [3.05, 3.63) is 41.0 Å². The molecule has 1 aliphatic rings. The zero-order valence-electron chi connectivity index (χ0n) is 10.2. The first kappa shape index (κ1) is 13.2. The molecule has 0 saturated carbocycles. The van der Waals surface area contributed by atoms with Gasteiger partial charge in [0, 0.05) is 17.2 Å². The topological polar surface area (TPSA) is 52.9 Å². The Bertz CT molecular complexity index is 588. The van der Waals surface area contributed by atoms with Crippen LogP contribution in [-0.2, 0) is 4.79 Å². The Hall–Kier alpha value is -2.22. The minimum absolute atomic E-state index is 0.0817. The number of hydrogen-bond acceptors (Lipinski definition) is 2. The quantitative estimate of drug-likeness (QED) is 0.889. The number of carbonyl (C=O) groups is 1.